The third kappa shape index (κ3) is 1.84. The van der Waals surface area contributed by atoms with Crippen LogP contribution in [0.3, 0.4) is 0 Å². The van der Waals surface area contributed by atoms with Crippen molar-refractivity contribution in [3.05, 3.63) is 0 Å². The van der Waals surface area contributed by atoms with Gasteiger partial charge >= 0.3 is 5.97 Å². The number of nitrogens with zero attached hydrogens (tertiary/aromatic N) is 1. The highest BCUT2D eigenvalue weighted by molar-refractivity contribution is 5.79. The molecule has 1 aliphatic heterocycles. The van der Waals surface area contributed by atoms with Gasteiger partial charge in [-0.1, -0.05) is 19.8 Å². The van der Waals surface area contributed by atoms with Gasteiger partial charge in [-0.05, 0) is 18.8 Å². The van der Waals surface area contributed by atoms with Gasteiger partial charge in [0.2, 0.25) is 0 Å². The van der Waals surface area contributed by atoms with Crippen LogP contribution in [0.1, 0.15) is 32.6 Å². The van der Waals surface area contributed by atoms with Gasteiger partial charge in [-0.25, -0.2) is 0 Å². The molecule has 2 aliphatic rings. The molecular weight excluding hydrogens is 206 g/mol. The van der Waals surface area contributed by atoms with Crippen molar-refractivity contribution in [1.82, 2.24) is 4.90 Å². The van der Waals surface area contributed by atoms with Gasteiger partial charge in [-0.3, -0.25) is 9.69 Å². The van der Waals surface area contributed by atoms with Crippen LogP contribution < -0.4 is 0 Å². The number of aliphatic carboxylic acids is 1. The minimum absolute atomic E-state index is 0.247. The molecule has 0 aromatic rings. The Kier molecular flexibility index (Phi) is 3.50. The first kappa shape index (κ1) is 11.9. The molecule has 1 aliphatic carbocycles. The van der Waals surface area contributed by atoms with Crippen LogP contribution in [-0.4, -0.2) is 47.8 Å². The van der Waals surface area contributed by atoms with Gasteiger partial charge in [0.05, 0.1) is 13.2 Å². The van der Waals surface area contributed by atoms with E-state index < -0.39 is 11.5 Å². The van der Waals surface area contributed by atoms with Gasteiger partial charge in [0, 0.05) is 13.1 Å². The zero-order valence-electron chi connectivity index (χ0n) is 9.95. The highest BCUT2D eigenvalue weighted by Crippen LogP contribution is 2.39. The molecule has 1 saturated carbocycles. The zero-order valence-corrected chi connectivity index (χ0v) is 9.95. The Morgan fingerprint density at radius 2 is 2.06 bits per heavy atom. The Labute approximate surface area is 96.6 Å². The molecule has 2 atom stereocenters. The van der Waals surface area contributed by atoms with Crippen LogP contribution in [0.2, 0.25) is 0 Å². The van der Waals surface area contributed by atoms with E-state index in [0.29, 0.717) is 13.2 Å². The van der Waals surface area contributed by atoms with Crippen LogP contribution in [0.15, 0.2) is 0 Å². The second kappa shape index (κ2) is 4.72. The van der Waals surface area contributed by atoms with E-state index in [2.05, 4.69) is 11.8 Å². The van der Waals surface area contributed by atoms with Gasteiger partial charge in [0.15, 0.2) is 0 Å². The summed E-state index contributed by atoms with van der Waals surface area (Å²) in [6.45, 7) is 4.94. The maximum absolute atomic E-state index is 11.7. The van der Waals surface area contributed by atoms with E-state index in [9.17, 15) is 9.90 Å². The van der Waals surface area contributed by atoms with Gasteiger partial charge in [-0.2, -0.15) is 0 Å². The second-order valence-electron chi connectivity index (χ2n) is 4.98. The summed E-state index contributed by atoms with van der Waals surface area (Å²) in [5, 5.41) is 9.63. The summed E-state index contributed by atoms with van der Waals surface area (Å²) >= 11 is 0. The lowest BCUT2D eigenvalue weighted by Crippen LogP contribution is -2.62. The fourth-order valence-corrected chi connectivity index (χ4v) is 3.22. The normalized spacial score (nSPS) is 37.2. The molecule has 2 unspecified atom stereocenters. The molecule has 4 heteroatoms. The lowest BCUT2D eigenvalue weighted by atomic mass is 9.72. The Morgan fingerprint density at radius 3 is 2.62 bits per heavy atom. The Balaban J connectivity index is 2.22. The molecule has 0 aromatic carbocycles. The average molecular weight is 227 g/mol. The number of hydrogen-bond acceptors (Lipinski definition) is 3. The molecular formula is C12H21NO3. The summed E-state index contributed by atoms with van der Waals surface area (Å²) in [7, 11) is 0. The van der Waals surface area contributed by atoms with E-state index in [1.54, 1.807) is 0 Å². The van der Waals surface area contributed by atoms with E-state index in [-0.39, 0.29) is 5.92 Å². The number of carboxylic acid groups (broad SMARTS) is 1. The van der Waals surface area contributed by atoms with Crippen molar-refractivity contribution in [3.8, 4) is 0 Å². The van der Waals surface area contributed by atoms with Crippen molar-refractivity contribution in [1.29, 1.82) is 0 Å². The fourth-order valence-electron chi connectivity index (χ4n) is 3.22. The predicted octanol–water partition coefficient (Wildman–Crippen LogP) is 1.35. The fraction of sp³-hybridized carbons (Fsp3) is 0.917. The van der Waals surface area contributed by atoms with E-state index >= 15 is 0 Å². The molecule has 0 amide bonds. The molecule has 2 fully saturated rings. The summed E-state index contributed by atoms with van der Waals surface area (Å²) in [5.74, 6) is -0.390. The summed E-state index contributed by atoms with van der Waals surface area (Å²) < 4.78 is 5.32. The summed E-state index contributed by atoms with van der Waals surface area (Å²) in [4.78, 5) is 13.8. The molecule has 0 bridgehead atoms. The number of rotatable bonds is 2. The van der Waals surface area contributed by atoms with E-state index in [0.717, 1.165) is 32.4 Å². The van der Waals surface area contributed by atoms with E-state index in [1.807, 2.05) is 0 Å². The van der Waals surface area contributed by atoms with Crippen LogP contribution in [0.5, 0.6) is 0 Å². The van der Waals surface area contributed by atoms with Crippen molar-refractivity contribution in [2.45, 2.75) is 38.1 Å². The molecule has 0 radical (unpaired) electrons. The molecule has 1 heterocycles. The van der Waals surface area contributed by atoms with Gasteiger partial charge in [0.1, 0.15) is 5.54 Å². The third-order valence-electron chi connectivity index (χ3n) is 4.21. The summed E-state index contributed by atoms with van der Waals surface area (Å²) in [6.07, 6.45) is 4.03. The van der Waals surface area contributed by atoms with Crippen molar-refractivity contribution in [2.24, 2.45) is 5.92 Å². The Hall–Kier alpha value is -0.610. The van der Waals surface area contributed by atoms with E-state index in [4.69, 9.17) is 4.74 Å². The predicted molar refractivity (Wildman–Crippen MR) is 60.4 cm³/mol. The monoisotopic (exact) mass is 227 g/mol. The highest BCUT2D eigenvalue weighted by atomic mass is 16.5. The first-order chi connectivity index (χ1) is 7.68. The standard InChI is InChI=1S/C12H21NO3/c1-10-4-2-3-5-12(10,11(14)15)13-6-8-16-9-7-13/h10H,2-9H2,1H3,(H,14,15). The minimum atomic E-state index is -0.637. The van der Waals surface area contributed by atoms with Gasteiger partial charge < -0.3 is 9.84 Å². The first-order valence-electron chi connectivity index (χ1n) is 6.24. The largest absolute Gasteiger partial charge is 0.480 e. The number of morpholine rings is 1. The molecule has 0 spiro atoms. The van der Waals surface area contributed by atoms with Crippen LogP contribution in [-0.2, 0) is 9.53 Å². The highest BCUT2D eigenvalue weighted by Gasteiger charge is 2.49. The molecule has 4 nitrogen and oxygen atoms in total. The van der Waals surface area contributed by atoms with Crippen LogP contribution in [0.4, 0.5) is 0 Å². The first-order valence-corrected chi connectivity index (χ1v) is 6.24. The quantitative estimate of drug-likeness (QED) is 0.773. The van der Waals surface area contributed by atoms with E-state index in [1.165, 1.54) is 6.42 Å². The number of hydrogen-bond donors (Lipinski definition) is 1. The topological polar surface area (TPSA) is 49.8 Å². The smallest absolute Gasteiger partial charge is 0.324 e. The SMILES string of the molecule is CC1CCCCC1(C(=O)O)N1CCOCC1. The molecule has 1 saturated heterocycles. The van der Waals surface area contributed by atoms with Gasteiger partial charge in [-0.15, -0.1) is 0 Å². The second-order valence-corrected chi connectivity index (χ2v) is 4.98. The summed E-state index contributed by atoms with van der Waals surface area (Å²) in [6, 6.07) is 0. The maximum atomic E-state index is 11.7. The van der Waals surface area contributed by atoms with Crippen molar-refractivity contribution in [2.75, 3.05) is 26.3 Å². The number of carbonyl (C=O) groups is 1. The summed E-state index contributed by atoms with van der Waals surface area (Å²) in [5.41, 5.74) is -0.623. The lowest BCUT2D eigenvalue weighted by Gasteiger charge is -2.48. The number of carboxylic acids is 1. The molecule has 2 rings (SSSR count). The van der Waals surface area contributed by atoms with Crippen molar-refractivity contribution < 1.29 is 14.6 Å². The van der Waals surface area contributed by atoms with Crippen LogP contribution in [0.25, 0.3) is 0 Å². The van der Waals surface area contributed by atoms with Gasteiger partial charge in [0.25, 0.3) is 0 Å². The molecule has 16 heavy (non-hydrogen) atoms. The zero-order chi connectivity index (χ0) is 11.6. The number of ether oxygens (including phenoxy) is 1. The maximum Gasteiger partial charge on any atom is 0.324 e. The van der Waals surface area contributed by atoms with Crippen LogP contribution >= 0.6 is 0 Å². The molecule has 0 aromatic heterocycles. The Morgan fingerprint density at radius 1 is 1.38 bits per heavy atom. The minimum Gasteiger partial charge on any atom is -0.480 e. The van der Waals surface area contributed by atoms with Crippen molar-refractivity contribution >= 4 is 5.97 Å². The Bertz CT molecular complexity index is 263. The molecule has 92 valence electrons. The third-order valence-corrected chi connectivity index (χ3v) is 4.21. The molecule has 1 N–H and O–H groups in total. The van der Waals surface area contributed by atoms with Crippen LogP contribution in [0, 0.1) is 5.92 Å². The lowest BCUT2D eigenvalue weighted by molar-refractivity contribution is -0.163. The van der Waals surface area contributed by atoms with Crippen molar-refractivity contribution in [3.63, 3.8) is 0 Å². The average Bonchev–Trinajstić information content (AvgIpc) is 2.30.